The Morgan fingerprint density at radius 1 is 1.05 bits per heavy atom. The monoisotopic (exact) mass is 503 g/mol. The van der Waals surface area contributed by atoms with E-state index in [0.717, 1.165) is 93.6 Å². The third kappa shape index (κ3) is 5.06. The molecule has 2 aliphatic heterocycles. The van der Waals surface area contributed by atoms with E-state index in [0.29, 0.717) is 17.6 Å². The molecule has 0 aromatic heterocycles. The van der Waals surface area contributed by atoms with Crippen LogP contribution in [0.3, 0.4) is 0 Å². The lowest BCUT2D eigenvalue weighted by Crippen LogP contribution is -2.48. The van der Waals surface area contributed by atoms with Gasteiger partial charge in [-0.05, 0) is 85.4 Å². The van der Waals surface area contributed by atoms with E-state index in [4.69, 9.17) is 4.74 Å². The average Bonchev–Trinajstić information content (AvgIpc) is 3.74. The number of hydrogen-bond acceptors (Lipinski definition) is 4. The Kier molecular flexibility index (Phi) is 7.68. The zero-order valence-electron chi connectivity index (χ0n) is 22.6. The molecule has 1 saturated heterocycles. The van der Waals surface area contributed by atoms with Gasteiger partial charge in [0.05, 0.1) is 18.6 Å². The Morgan fingerprint density at radius 2 is 1.78 bits per heavy atom. The number of amides is 2. The van der Waals surface area contributed by atoms with Crippen molar-refractivity contribution < 1.29 is 14.3 Å². The molecule has 6 rings (SSSR count). The average molecular weight is 504 g/mol. The Hall–Kier alpha value is -2.70. The van der Waals surface area contributed by atoms with Crippen LogP contribution in [0, 0.1) is 0 Å². The molecule has 3 fully saturated rings. The minimum Gasteiger partial charge on any atom is -0.379 e. The van der Waals surface area contributed by atoms with Crippen LogP contribution in [0.25, 0.3) is 11.1 Å². The summed E-state index contributed by atoms with van der Waals surface area (Å²) in [4.78, 5) is 28.5. The van der Waals surface area contributed by atoms with Gasteiger partial charge in [-0.25, -0.2) is 0 Å². The summed E-state index contributed by atoms with van der Waals surface area (Å²) >= 11 is 0. The van der Waals surface area contributed by atoms with E-state index in [1.54, 1.807) is 0 Å². The number of fused-ring (bicyclic) bond motifs is 2. The molecular formula is C31H41N3O3. The van der Waals surface area contributed by atoms with E-state index < -0.39 is 5.41 Å². The highest BCUT2D eigenvalue weighted by molar-refractivity contribution is 6.07. The van der Waals surface area contributed by atoms with Gasteiger partial charge in [-0.3, -0.25) is 14.5 Å². The fraction of sp³-hybridized carbons (Fsp3) is 0.548. The fourth-order valence-electron chi connectivity index (χ4n) is 6.29. The van der Waals surface area contributed by atoms with E-state index in [1.165, 1.54) is 5.56 Å². The molecule has 6 nitrogen and oxygen atoms in total. The number of benzene rings is 2. The van der Waals surface area contributed by atoms with Gasteiger partial charge in [0.15, 0.2) is 0 Å². The lowest BCUT2D eigenvalue weighted by molar-refractivity contribution is -0.122. The number of hydrogen-bond donors (Lipinski definition) is 2. The smallest absolute Gasteiger partial charge is 0.251 e. The van der Waals surface area contributed by atoms with Gasteiger partial charge in [-0.15, -0.1) is 0 Å². The molecule has 2 heterocycles. The summed E-state index contributed by atoms with van der Waals surface area (Å²) in [5.41, 5.74) is 5.71. The van der Waals surface area contributed by atoms with E-state index in [9.17, 15) is 9.59 Å². The molecule has 0 atom stereocenters. The van der Waals surface area contributed by atoms with Crippen LogP contribution in [-0.2, 0) is 21.4 Å². The van der Waals surface area contributed by atoms with E-state index >= 15 is 0 Å². The van der Waals surface area contributed by atoms with Gasteiger partial charge >= 0.3 is 0 Å². The summed E-state index contributed by atoms with van der Waals surface area (Å²) in [6, 6.07) is 13.3. The molecule has 0 radical (unpaired) electrons. The number of morpholine rings is 1. The molecule has 0 unspecified atom stereocenters. The maximum Gasteiger partial charge on any atom is 0.251 e. The van der Waals surface area contributed by atoms with Crippen molar-refractivity contribution in [3.63, 3.8) is 0 Å². The number of rotatable bonds is 5. The first-order valence-electron chi connectivity index (χ1n) is 14.3. The summed E-state index contributed by atoms with van der Waals surface area (Å²) in [7, 11) is 0. The summed E-state index contributed by atoms with van der Waals surface area (Å²) in [6.45, 7) is 9.77. The Balaban J connectivity index is 0.00000137. The summed E-state index contributed by atoms with van der Waals surface area (Å²) in [6.07, 6.45) is 6.92. The molecule has 2 N–H and O–H groups in total. The molecule has 2 aromatic carbocycles. The van der Waals surface area contributed by atoms with Crippen molar-refractivity contribution in [3.8, 4) is 11.1 Å². The van der Waals surface area contributed by atoms with Gasteiger partial charge in [0, 0.05) is 36.4 Å². The maximum atomic E-state index is 13.3. The molecule has 2 saturated carbocycles. The largest absolute Gasteiger partial charge is 0.379 e. The first-order chi connectivity index (χ1) is 18.1. The zero-order valence-corrected chi connectivity index (χ0v) is 22.6. The third-order valence-corrected chi connectivity index (χ3v) is 8.57. The molecule has 4 aliphatic rings. The van der Waals surface area contributed by atoms with Crippen molar-refractivity contribution in [2.45, 2.75) is 83.2 Å². The van der Waals surface area contributed by atoms with Gasteiger partial charge in [0.1, 0.15) is 0 Å². The molecule has 2 amide bonds. The zero-order chi connectivity index (χ0) is 26.0. The standard InChI is InChI=1S/C29H35N3O3.C2H6/c1-2-19-3-4-21(27(33)30-22-6-7-22)17-24(19)20-5-8-25-26(18-20)31-28(34)29(25)11-9-23(10-12-29)32-13-15-35-16-14-32;1-2/h3-5,8,17-18,22-23H,2,6-7,9-16H2,1H3,(H,30,33)(H,31,34);1-2H3. The van der Waals surface area contributed by atoms with Crippen molar-refractivity contribution in [3.05, 3.63) is 53.1 Å². The van der Waals surface area contributed by atoms with E-state index in [1.807, 2.05) is 26.0 Å². The minimum absolute atomic E-state index is 0.00171. The summed E-state index contributed by atoms with van der Waals surface area (Å²) in [5.74, 6) is 0.153. The lowest BCUT2D eigenvalue weighted by Gasteiger charge is -2.42. The van der Waals surface area contributed by atoms with Crippen LogP contribution < -0.4 is 10.6 Å². The molecule has 2 aromatic rings. The third-order valence-electron chi connectivity index (χ3n) is 8.57. The predicted molar refractivity (Wildman–Crippen MR) is 148 cm³/mol. The number of nitrogens with one attached hydrogen (secondary N) is 2. The first-order valence-corrected chi connectivity index (χ1v) is 14.3. The molecule has 37 heavy (non-hydrogen) atoms. The number of nitrogens with zero attached hydrogens (tertiary/aromatic N) is 1. The quantitative estimate of drug-likeness (QED) is 0.581. The molecule has 2 aliphatic carbocycles. The van der Waals surface area contributed by atoms with Crippen molar-refractivity contribution in [2.75, 3.05) is 31.6 Å². The fourth-order valence-corrected chi connectivity index (χ4v) is 6.29. The van der Waals surface area contributed by atoms with Crippen LogP contribution in [0.1, 0.15) is 80.8 Å². The Bertz CT molecular complexity index is 1140. The SMILES string of the molecule is CC.CCc1ccc(C(=O)NC2CC2)cc1-c1ccc2c(c1)NC(=O)C21CCC(N2CCOCC2)CC1. The molecule has 1 spiro atoms. The van der Waals surface area contributed by atoms with Crippen LogP contribution in [-0.4, -0.2) is 55.1 Å². The molecule has 6 heteroatoms. The van der Waals surface area contributed by atoms with Crippen LogP contribution in [0.4, 0.5) is 5.69 Å². The molecule has 0 bridgehead atoms. The Morgan fingerprint density at radius 3 is 2.46 bits per heavy atom. The van der Waals surface area contributed by atoms with Crippen LogP contribution >= 0.6 is 0 Å². The van der Waals surface area contributed by atoms with Crippen LogP contribution in [0.2, 0.25) is 0 Å². The maximum absolute atomic E-state index is 13.3. The van der Waals surface area contributed by atoms with Gasteiger partial charge in [-0.1, -0.05) is 39.0 Å². The highest BCUT2D eigenvalue weighted by Gasteiger charge is 2.49. The number of anilines is 1. The second-order valence-corrected chi connectivity index (χ2v) is 10.6. The topological polar surface area (TPSA) is 70.7 Å². The van der Waals surface area contributed by atoms with Gasteiger partial charge in [0.25, 0.3) is 5.91 Å². The number of carbonyl (C=O) groups is 2. The van der Waals surface area contributed by atoms with E-state index in [-0.39, 0.29) is 11.8 Å². The van der Waals surface area contributed by atoms with Crippen molar-refractivity contribution in [2.24, 2.45) is 0 Å². The minimum atomic E-state index is -0.407. The molecule has 198 valence electrons. The Labute approximate surface area is 221 Å². The van der Waals surface area contributed by atoms with Gasteiger partial charge in [-0.2, -0.15) is 0 Å². The number of carbonyl (C=O) groups excluding carboxylic acids is 2. The normalized spacial score (nSPS) is 25.2. The first kappa shape index (κ1) is 25.9. The van der Waals surface area contributed by atoms with Crippen molar-refractivity contribution >= 4 is 17.5 Å². The van der Waals surface area contributed by atoms with Crippen LogP contribution in [0.5, 0.6) is 0 Å². The second kappa shape index (κ2) is 11.0. The summed E-state index contributed by atoms with van der Waals surface area (Å²) < 4.78 is 5.52. The second-order valence-electron chi connectivity index (χ2n) is 10.6. The van der Waals surface area contributed by atoms with Gasteiger partial charge in [0.2, 0.25) is 5.91 Å². The lowest BCUT2D eigenvalue weighted by atomic mass is 9.68. The van der Waals surface area contributed by atoms with Crippen LogP contribution in [0.15, 0.2) is 36.4 Å². The predicted octanol–water partition coefficient (Wildman–Crippen LogP) is 5.30. The number of aryl methyl sites for hydroxylation is 1. The highest BCUT2D eigenvalue weighted by atomic mass is 16.5. The summed E-state index contributed by atoms with van der Waals surface area (Å²) in [5, 5.41) is 6.31. The highest BCUT2D eigenvalue weighted by Crippen LogP contribution is 2.49. The number of ether oxygens (including phenoxy) is 1. The van der Waals surface area contributed by atoms with Crippen molar-refractivity contribution in [1.29, 1.82) is 0 Å². The van der Waals surface area contributed by atoms with Crippen molar-refractivity contribution in [1.82, 2.24) is 10.2 Å². The molecular weight excluding hydrogens is 462 g/mol. The van der Waals surface area contributed by atoms with Gasteiger partial charge < -0.3 is 15.4 Å². The van der Waals surface area contributed by atoms with E-state index in [2.05, 4.69) is 46.7 Å².